The Hall–Kier alpha value is -4.79. The first-order valence-electron chi connectivity index (χ1n) is 14.9. The van der Waals surface area contributed by atoms with Crippen molar-refractivity contribution in [1.29, 1.82) is 0 Å². The smallest absolute Gasteiger partial charge is 0.289 e. The van der Waals surface area contributed by atoms with Crippen LogP contribution in [0.4, 0.5) is 0 Å². The highest BCUT2D eigenvalue weighted by atomic mass is 16.2. The van der Waals surface area contributed by atoms with E-state index in [0.717, 1.165) is 16.7 Å². The van der Waals surface area contributed by atoms with E-state index >= 15 is 0 Å². The van der Waals surface area contributed by atoms with Gasteiger partial charge in [0.2, 0.25) is 23.5 Å². The number of hydrogen-bond acceptors (Lipinski definition) is 5. The minimum Gasteiger partial charge on any atom is -0.345 e. The topological polar surface area (TPSA) is 125 Å². The summed E-state index contributed by atoms with van der Waals surface area (Å²) in [7, 11) is 0. The number of amides is 4. The zero-order valence-corrected chi connectivity index (χ0v) is 25.8. The Balaban J connectivity index is 1.86. The standard InChI is InChI=1S/C35H42N4O5/c1-24(2)20-31(33(42)37-25(3)32(41)34(43)36-22-28-16-10-6-11-17-28)39(23-29-18-12-7-13-19-29)35(44)30(38-26(4)40)21-27-14-8-5-9-15-27/h5-19,24-25,30-31H,20-23H2,1-4H3,(H,36,43)(H,37,42)(H,38,40)/t25?,30-,31?/m0/s1. The zero-order valence-electron chi connectivity index (χ0n) is 25.8. The number of nitrogens with zero attached hydrogens (tertiary/aromatic N) is 1. The van der Waals surface area contributed by atoms with Crippen LogP contribution in [-0.2, 0) is 43.5 Å². The second kappa shape index (κ2) is 16.7. The molecule has 232 valence electrons. The Kier molecular flexibility index (Phi) is 12.8. The van der Waals surface area contributed by atoms with Crippen LogP contribution in [0, 0.1) is 5.92 Å². The molecule has 4 amide bonds. The van der Waals surface area contributed by atoms with Crippen molar-refractivity contribution in [3.63, 3.8) is 0 Å². The van der Waals surface area contributed by atoms with Gasteiger partial charge >= 0.3 is 0 Å². The van der Waals surface area contributed by atoms with Crippen LogP contribution in [0.25, 0.3) is 0 Å². The fraction of sp³-hybridized carbons (Fsp3) is 0.343. The SMILES string of the molecule is CC(=O)N[C@@H](Cc1ccccc1)C(=O)N(Cc1ccccc1)C(CC(C)C)C(=O)NC(C)C(=O)C(=O)NCc1ccccc1. The van der Waals surface area contributed by atoms with Gasteiger partial charge in [-0.3, -0.25) is 24.0 Å². The molecule has 0 radical (unpaired) electrons. The van der Waals surface area contributed by atoms with Crippen molar-refractivity contribution in [1.82, 2.24) is 20.9 Å². The molecule has 9 nitrogen and oxygen atoms in total. The average molecular weight is 599 g/mol. The second-order valence-electron chi connectivity index (χ2n) is 11.3. The highest BCUT2D eigenvalue weighted by Crippen LogP contribution is 2.19. The van der Waals surface area contributed by atoms with Crippen LogP contribution < -0.4 is 16.0 Å². The number of ketones is 1. The molecule has 0 bridgehead atoms. The molecule has 0 aliphatic rings. The maximum absolute atomic E-state index is 14.3. The summed E-state index contributed by atoms with van der Waals surface area (Å²) in [6.07, 6.45) is 0.528. The lowest BCUT2D eigenvalue weighted by molar-refractivity contribution is -0.145. The van der Waals surface area contributed by atoms with Crippen molar-refractivity contribution in [3.05, 3.63) is 108 Å². The van der Waals surface area contributed by atoms with Crippen LogP contribution in [0.1, 0.15) is 50.8 Å². The van der Waals surface area contributed by atoms with Gasteiger partial charge in [-0.1, -0.05) is 105 Å². The van der Waals surface area contributed by atoms with Crippen LogP contribution in [0.2, 0.25) is 0 Å². The lowest BCUT2D eigenvalue weighted by Crippen LogP contribution is -2.58. The van der Waals surface area contributed by atoms with E-state index in [4.69, 9.17) is 0 Å². The first-order chi connectivity index (χ1) is 21.0. The van der Waals surface area contributed by atoms with E-state index in [-0.39, 0.29) is 31.3 Å². The van der Waals surface area contributed by atoms with Crippen LogP contribution in [-0.4, -0.2) is 52.4 Å². The highest BCUT2D eigenvalue weighted by Gasteiger charge is 2.36. The maximum atomic E-state index is 14.3. The summed E-state index contributed by atoms with van der Waals surface area (Å²) in [6.45, 7) is 6.95. The van der Waals surface area contributed by atoms with Gasteiger partial charge in [0, 0.05) is 26.4 Å². The van der Waals surface area contributed by atoms with Gasteiger partial charge in [0.05, 0.1) is 6.04 Å². The monoisotopic (exact) mass is 598 g/mol. The van der Waals surface area contributed by atoms with Gasteiger partial charge in [-0.2, -0.15) is 0 Å². The van der Waals surface area contributed by atoms with Crippen molar-refractivity contribution in [3.8, 4) is 0 Å². The Bertz CT molecular complexity index is 1400. The van der Waals surface area contributed by atoms with Gasteiger partial charge in [0.1, 0.15) is 12.1 Å². The normalized spacial score (nSPS) is 12.8. The Morgan fingerprint density at radius 1 is 0.705 bits per heavy atom. The lowest BCUT2D eigenvalue weighted by Gasteiger charge is -2.35. The predicted molar refractivity (Wildman–Crippen MR) is 169 cm³/mol. The third kappa shape index (κ3) is 10.5. The summed E-state index contributed by atoms with van der Waals surface area (Å²) in [5, 5.41) is 8.06. The summed E-state index contributed by atoms with van der Waals surface area (Å²) >= 11 is 0. The first-order valence-corrected chi connectivity index (χ1v) is 14.9. The summed E-state index contributed by atoms with van der Waals surface area (Å²) in [4.78, 5) is 67.3. The van der Waals surface area contributed by atoms with Crippen molar-refractivity contribution in [2.45, 2.75) is 71.8 Å². The quantitative estimate of drug-likeness (QED) is 0.231. The molecule has 0 spiro atoms. The molecule has 3 rings (SSSR count). The van der Waals surface area contributed by atoms with Crippen LogP contribution in [0.3, 0.4) is 0 Å². The number of rotatable bonds is 15. The van der Waals surface area contributed by atoms with E-state index in [1.807, 2.05) is 105 Å². The summed E-state index contributed by atoms with van der Waals surface area (Å²) in [5.41, 5.74) is 2.49. The van der Waals surface area contributed by atoms with Crippen molar-refractivity contribution < 1.29 is 24.0 Å². The van der Waals surface area contributed by atoms with E-state index in [1.54, 1.807) is 0 Å². The number of nitrogens with one attached hydrogen (secondary N) is 3. The Labute approximate surface area is 259 Å². The number of carbonyl (C=O) groups excluding carboxylic acids is 5. The van der Waals surface area contributed by atoms with Crippen molar-refractivity contribution in [2.24, 2.45) is 5.92 Å². The molecule has 9 heteroatoms. The lowest BCUT2D eigenvalue weighted by atomic mass is 9.97. The molecule has 3 aromatic carbocycles. The number of carbonyl (C=O) groups is 5. The number of benzene rings is 3. The first kappa shape index (κ1) is 33.7. The van der Waals surface area contributed by atoms with Crippen molar-refractivity contribution >= 4 is 29.4 Å². The van der Waals surface area contributed by atoms with Crippen molar-refractivity contribution in [2.75, 3.05) is 0 Å². The van der Waals surface area contributed by atoms with Crippen LogP contribution >= 0.6 is 0 Å². The molecule has 3 aromatic rings. The van der Waals surface area contributed by atoms with E-state index in [0.29, 0.717) is 6.42 Å². The average Bonchev–Trinajstić information content (AvgIpc) is 3.01. The highest BCUT2D eigenvalue weighted by molar-refractivity contribution is 6.38. The fourth-order valence-corrected chi connectivity index (χ4v) is 4.88. The van der Waals surface area contributed by atoms with Gasteiger partial charge in [0.15, 0.2) is 0 Å². The minimum absolute atomic E-state index is 0.00495. The van der Waals surface area contributed by atoms with E-state index in [2.05, 4.69) is 16.0 Å². The van der Waals surface area contributed by atoms with Crippen LogP contribution in [0.15, 0.2) is 91.0 Å². The zero-order chi connectivity index (χ0) is 32.1. The number of Topliss-reactive ketones (excluding diaryl/α,β-unsaturated/α-hetero) is 1. The van der Waals surface area contributed by atoms with Gasteiger partial charge in [-0.15, -0.1) is 0 Å². The number of hydrogen-bond donors (Lipinski definition) is 3. The van der Waals surface area contributed by atoms with E-state index < -0.39 is 41.6 Å². The van der Waals surface area contributed by atoms with Gasteiger partial charge in [-0.25, -0.2) is 0 Å². The van der Waals surface area contributed by atoms with Gasteiger partial charge in [-0.05, 0) is 36.0 Å². The Morgan fingerprint density at radius 2 is 1.23 bits per heavy atom. The molecule has 0 aliphatic carbocycles. The molecule has 2 unspecified atom stereocenters. The van der Waals surface area contributed by atoms with E-state index in [1.165, 1.54) is 18.7 Å². The van der Waals surface area contributed by atoms with Gasteiger partial charge < -0.3 is 20.9 Å². The summed E-state index contributed by atoms with van der Waals surface area (Å²) in [6, 6.07) is 24.8. The van der Waals surface area contributed by atoms with Gasteiger partial charge in [0.25, 0.3) is 5.91 Å². The van der Waals surface area contributed by atoms with E-state index in [9.17, 15) is 24.0 Å². The molecular weight excluding hydrogens is 556 g/mol. The largest absolute Gasteiger partial charge is 0.345 e. The predicted octanol–water partition coefficient (Wildman–Crippen LogP) is 3.57. The second-order valence-corrected chi connectivity index (χ2v) is 11.3. The molecule has 0 fully saturated rings. The fourth-order valence-electron chi connectivity index (χ4n) is 4.88. The van der Waals surface area contributed by atoms with Crippen LogP contribution in [0.5, 0.6) is 0 Å². The summed E-state index contributed by atoms with van der Waals surface area (Å²) < 4.78 is 0. The molecule has 0 saturated carbocycles. The molecule has 0 heterocycles. The summed E-state index contributed by atoms with van der Waals surface area (Å²) in [5.74, 6) is -2.95. The molecular formula is C35H42N4O5. The molecule has 0 saturated heterocycles. The molecule has 3 atom stereocenters. The molecule has 0 aromatic heterocycles. The molecule has 44 heavy (non-hydrogen) atoms. The minimum atomic E-state index is -1.13. The third-order valence-corrected chi connectivity index (χ3v) is 7.08. The molecule has 3 N–H and O–H groups in total. The third-order valence-electron chi connectivity index (χ3n) is 7.08. The Morgan fingerprint density at radius 3 is 1.75 bits per heavy atom. The maximum Gasteiger partial charge on any atom is 0.289 e. The molecule has 0 aliphatic heterocycles.